The number of benzene rings is 1. The van der Waals surface area contributed by atoms with E-state index in [1.807, 2.05) is 26.0 Å². The third-order valence-corrected chi connectivity index (χ3v) is 6.16. The van der Waals surface area contributed by atoms with E-state index in [2.05, 4.69) is 25.1 Å². The minimum absolute atomic E-state index is 0.732. The van der Waals surface area contributed by atoms with Crippen molar-refractivity contribution in [2.24, 2.45) is 17.8 Å². The Morgan fingerprint density at radius 3 is 1.83 bits per heavy atom. The van der Waals surface area contributed by atoms with Crippen LogP contribution in [0, 0.1) is 29.1 Å². The summed E-state index contributed by atoms with van der Waals surface area (Å²) in [6, 6.07) is 10.5. The summed E-state index contributed by atoms with van der Waals surface area (Å²) >= 11 is 0. The third kappa shape index (κ3) is 5.37. The monoisotopic (exact) mass is 325 g/mol. The Labute approximate surface area is 149 Å². The summed E-state index contributed by atoms with van der Waals surface area (Å²) in [4.78, 5) is 0. The molecule has 0 N–H and O–H groups in total. The molecule has 0 heterocycles. The molecule has 2 fully saturated rings. The lowest BCUT2D eigenvalue weighted by Crippen LogP contribution is -2.19. The van der Waals surface area contributed by atoms with Crippen LogP contribution in [0.25, 0.3) is 0 Å². The molecule has 1 heteroatoms. The summed E-state index contributed by atoms with van der Waals surface area (Å²) in [7, 11) is 0. The van der Waals surface area contributed by atoms with Crippen LogP contribution in [0.5, 0.6) is 0 Å². The van der Waals surface area contributed by atoms with Gasteiger partial charge in [0.05, 0.1) is 11.6 Å². The van der Waals surface area contributed by atoms with Crippen LogP contribution in [0.1, 0.15) is 95.6 Å². The zero-order valence-corrected chi connectivity index (χ0v) is 15.9. The first-order valence-electron chi connectivity index (χ1n) is 10.2. The van der Waals surface area contributed by atoms with E-state index in [9.17, 15) is 0 Å². The van der Waals surface area contributed by atoms with Crippen molar-refractivity contribution < 1.29 is 0 Å². The van der Waals surface area contributed by atoms with Gasteiger partial charge in [0, 0.05) is 0 Å². The van der Waals surface area contributed by atoms with E-state index in [4.69, 9.17) is 5.26 Å². The van der Waals surface area contributed by atoms with Gasteiger partial charge in [-0.2, -0.15) is 5.26 Å². The minimum Gasteiger partial charge on any atom is -0.192 e. The molecule has 1 nitrogen and oxygen atoms in total. The molecule has 0 aliphatic heterocycles. The molecule has 2 aliphatic carbocycles. The molecular formula is C23H35N. The van der Waals surface area contributed by atoms with E-state index in [0.717, 1.165) is 29.2 Å². The molecule has 1 aromatic rings. The second-order valence-corrected chi connectivity index (χ2v) is 7.81. The number of hydrogen-bond donors (Lipinski definition) is 0. The van der Waals surface area contributed by atoms with Crippen LogP contribution in [0.2, 0.25) is 0 Å². The molecule has 3 rings (SSSR count). The van der Waals surface area contributed by atoms with Crippen LogP contribution < -0.4 is 0 Å². The van der Waals surface area contributed by atoms with Crippen molar-refractivity contribution in [2.45, 2.75) is 84.5 Å². The Bertz CT molecular complexity index is 494. The average molecular weight is 326 g/mol. The largest absolute Gasteiger partial charge is 0.192 e. The summed E-state index contributed by atoms with van der Waals surface area (Å²) in [5.41, 5.74) is 2.23. The highest BCUT2D eigenvalue weighted by atomic mass is 14.3. The molecule has 2 saturated carbocycles. The second kappa shape index (κ2) is 9.87. The van der Waals surface area contributed by atoms with Gasteiger partial charge in [0.1, 0.15) is 0 Å². The highest BCUT2D eigenvalue weighted by Crippen LogP contribution is 2.41. The topological polar surface area (TPSA) is 23.8 Å². The Hall–Kier alpha value is -1.29. The molecule has 2 aliphatic rings. The zero-order chi connectivity index (χ0) is 17.4. The molecule has 0 radical (unpaired) electrons. The maximum atomic E-state index is 8.90. The lowest BCUT2D eigenvalue weighted by Gasteiger charge is -2.33. The molecule has 1 aromatic carbocycles. The van der Waals surface area contributed by atoms with E-state index < -0.39 is 0 Å². The fraction of sp³-hybridized carbons (Fsp3) is 0.696. The quantitative estimate of drug-likeness (QED) is 0.582. The van der Waals surface area contributed by atoms with Crippen molar-refractivity contribution in [1.29, 1.82) is 5.26 Å². The Kier molecular flexibility index (Phi) is 7.83. The third-order valence-electron chi connectivity index (χ3n) is 6.16. The van der Waals surface area contributed by atoms with Crippen LogP contribution in [-0.2, 0) is 0 Å². The highest BCUT2D eigenvalue weighted by molar-refractivity contribution is 5.33. The van der Waals surface area contributed by atoms with E-state index in [-0.39, 0.29) is 0 Å². The fourth-order valence-electron chi connectivity index (χ4n) is 4.60. The van der Waals surface area contributed by atoms with Crippen molar-refractivity contribution in [3.8, 4) is 6.07 Å². The molecule has 0 bridgehead atoms. The smallest absolute Gasteiger partial charge is 0.0991 e. The second-order valence-electron chi connectivity index (χ2n) is 7.81. The number of hydrogen-bond acceptors (Lipinski definition) is 1. The van der Waals surface area contributed by atoms with Crippen molar-refractivity contribution in [1.82, 2.24) is 0 Å². The highest BCUT2D eigenvalue weighted by Gasteiger charge is 2.26. The summed E-state index contributed by atoms with van der Waals surface area (Å²) in [5, 5.41) is 8.90. The SMILES string of the molecule is CC.CC1CCC(CC2CCC(c3ccc(C#N)cc3)CC2)CC1. The summed E-state index contributed by atoms with van der Waals surface area (Å²) in [6.07, 6.45) is 12.9. The van der Waals surface area contributed by atoms with Gasteiger partial charge in [-0.1, -0.05) is 58.6 Å². The summed E-state index contributed by atoms with van der Waals surface area (Å²) in [5.74, 6) is 3.71. The van der Waals surface area contributed by atoms with Gasteiger partial charge in [-0.05, 0) is 73.5 Å². The molecule has 0 saturated heterocycles. The van der Waals surface area contributed by atoms with Gasteiger partial charge in [0.2, 0.25) is 0 Å². The van der Waals surface area contributed by atoms with Crippen LogP contribution >= 0.6 is 0 Å². The number of nitrogens with zero attached hydrogens (tertiary/aromatic N) is 1. The first-order chi connectivity index (χ1) is 11.7. The standard InChI is InChI=1S/C21H29N.C2H6/c1-16-2-4-17(5-3-16)14-18-6-10-20(11-7-18)21-12-8-19(15-22)9-13-21;1-2/h8-9,12-13,16-18,20H,2-7,10-11,14H2,1H3;1-2H3. The lowest BCUT2D eigenvalue weighted by atomic mass is 9.72. The first kappa shape index (κ1) is 19.0. The van der Waals surface area contributed by atoms with Gasteiger partial charge in [0.25, 0.3) is 0 Å². The van der Waals surface area contributed by atoms with Crippen LogP contribution in [0.15, 0.2) is 24.3 Å². The van der Waals surface area contributed by atoms with Gasteiger partial charge in [-0.3, -0.25) is 0 Å². The van der Waals surface area contributed by atoms with Gasteiger partial charge >= 0.3 is 0 Å². The van der Waals surface area contributed by atoms with E-state index in [1.165, 1.54) is 63.4 Å². The average Bonchev–Trinajstić information content (AvgIpc) is 2.66. The van der Waals surface area contributed by atoms with E-state index in [0.29, 0.717) is 0 Å². The van der Waals surface area contributed by atoms with Gasteiger partial charge in [-0.25, -0.2) is 0 Å². The molecule has 132 valence electrons. The van der Waals surface area contributed by atoms with Crippen LogP contribution in [-0.4, -0.2) is 0 Å². The molecule has 0 spiro atoms. The molecule has 0 unspecified atom stereocenters. The fourth-order valence-corrected chi connectivity index (χ4v) is 4.60. The predicted octanol–water partition coefficient (Wildman–Crippen LogP) is 7.07. The normalized spacial score (nSPS) is 29.9. The Morgan fingerprint density at radius 1 is 0.833 bits per heavy atom. The molecule has 0 atom stereocenters. The molecular weight excluding hydrogens is 290 g/mol. The maximum absolute atomic E-state index is 8.90. The molecule has 0 aromatic heterocycles. The van der Waals surface area contributed by atoms with Crippen molar-refractivity contribution in [3.05, 3.63) is 35.4 Å². The molecule has 0 amide bonds. The first-order valence-corrected chi connectivity index (χ1v) is 10.2. The van der Waals surface area contributed by atoms with E-state index in [1.54, 1.807) is 0 Å². The summed E-state index contributed by atoms with van der Waals surface area (Å²) < 4.78 is 0. The Balaban J connectivity index is 0.00000100. The number of nitriles is 1. The Morgan fingerprint density at radius 2 is 1.33 bits per heavy atom. The summed E-state index contributed by atoms with van der Waals surface area (Å²) in [6.45, 7) is 6.42. The molecule has 24 heavy (non-hydrogen) atoms. The van der Waals surface area contributed by atoms with Crippen molar-refractivity contribution >= 4 is 0 Å². The predicted molar refractivity (Wildman–Crippen MR) is 103 cm³/mol. The van der Waals surface area contributed by atoms with E-state index >= 15 is 0 Å². The number of rotatable bonds is 3. The van der Waals surface area contributed by atoms with Crippen molar-refractivity contribution in [2.75, 3.05) is 0 Å². The van der Waals surface area contributed by atoms with Crippen LogP contribution in [0.3, 0.4) is 0 Å². The lowest BCUT2D eigenvalue weighted by molar-refractivity contribution is 0.211. The van der Waals surface area contributed by atoms with Crippen LogP contribution in [0.4, 0.5) is 0 Å². The van der Waals surface area contributed by atoms with Gasteiger partial charge < -0.3 is 0 Å². The minimum atomic E-state index is 0.732. The van der Waals surface area contributed by atoms with Gasteiger partial charge in [-0.15, -0.1) is 0 Å². The zero-order valence-electron chi connectivity index (χ0n) is 15.9. The maximum Gasteiger partial charge on any atom is 0.0991 e. The van der Waals surface area contributed by atoms with Crippen molar-refractivity contribution in [3.63, 3.8) is 0 Å². The van der Waals surface area contributed by atoms with Gasteiger partial charge in [0.15, 0.2) is 0 Å².